The maximum Gasteiger partial charge on any atom is 0.254 e. The molecule has 1 atom stereocenters. The lowest BCUT2D eigenvalue weighted by molar-refractivity contribution is -0.114. The quantitative estimate of drug-likeness (QED) is 0.555. The van der Waals surface area contributed by atoms with Gasteiger partial charge in [0.05, 0.1) is 29.2 Å². The molecule has 0 spiro atoms. The molecule has 174 valence electrons. The van der Waals surface area contributed by atoms with E-state index in [0.717, 1.165) is 31.4 Å². The molecule has 33 heavy (non-hydrogen) atoms. The highest BCUT2D eigenvalue weighted by atomic mass is 19.1. The van der Waals surface area contributed by atoms with Gasteiger partial charge in [-0.3, -0.25) is 9.59 Å². The first-order chi connectivity index (χ1) is 15.9. The van der Waals surface area contributed by atoms with Gasteiger partial charge in [-0.2, -0.15) is 0 Å². The van der Waals surface area contributed by atoms with E-state index in [0.29, 0.717) is 41.9 Å². The number of amides is 2. The number of hydrogen-bond donors (Lipinski definition) is 1. The van der Waals surface area contributed by atoms with Crippen molar-refractivity contribution in [3.63, 3.8) is 0 Å². The second-order valence-corrected chi connectivity index (χ2v) is 8.46. The van der Waals surface area contributed by atoms with Gasteiger partial charge in [-0.15, -0.1) is 0 Å². The average molecular weight is 453 g/mol. The molecule has 1 saturated heterocycles. The molecule has 2 heterocycles. The number of carbonyl (C=O) groups excluding carboxylic acids is 2. The maximum absolute atomic E-state index is 13.4. The zero-order chi connectivity index (χ0) is 23.4. The highest BCUT2D eigenvalue weighted by Gasteiger charge is 2.24. The Morgan fingerprint density at radius 3 is 2.73 bits per heavy atom. The summed E-state index contributed by atoms with van der Waals surface area (Å²) in [4.78, 5) is 31.7. The van der Waals surface area contributed by atoms with Crippen molar-refractivity contribution in [2.75, 3.05) is 25.0 Å². The Morgan fingerprint density at radius 2 is 2.06 bits per heavy atom. The van der Waals surface area contributed by atoms with Crippen molar-refractivity contribution in [1.29, 1.82) is 0 Å². The van der Waals surface area contributed by atoms with E-state index in [9.17, 15) is 14.0 Å². The lowest BCUT2D eigenvalue weighted by Gasteiger charge is -2.25. The fourth-order valence-corrected chi connectivity index (χ4v) is 4.29. The molecule has 8 heteroatoms. The Labute approximate surface area is 192 Å². The molecule has 4 rings (SSSR count). The lowest BCUT2D eigenvalue weighted by atomic mass is 10.1. The number of halogens is 1. The van der Waals surface area contributed by atoms with Crippen LogP contribution in [0.2, 0.25) is 0 Å². The number of benzene rings is 2. The highest BCUT2D eigenvalue weighted by molar-refractivity contribution is 6.05. The van der Waals surface area contributed by atoms with Crippen molar-refractivity contribution in [2.45, 2.75) is 45.8 Å². The summed E-state index contributed by atoms with van der Waals surface area (Å²) in [6.45, 7) is 5.85. The number of imidazole rings is 1. The van der Waals surface area contributed by atoms with E-state index in [1.54, 1.807) is 30.6 Å². The number of fused-ring (bicyclic) bond motifs is 1. The molecule has 1 unspecified atom stereocenters. The van der Waals surface area contributed by atoms with E-state index in [-0.39, 0.29) is 23.7 Å². The van der Waals surface area contributed by atoms with Crippen molar-refractivity contribution in [3.05, 3.63) is 59.7 Å². The van der Waals surface area contributed by atoms with E-state index in [4.69, 9.17) is 4.74 Å². The van der Waals surface area contributed by atoms with Crippen LogP contribution in [0, 0.1) is 5.82 Å². The van der Waals surface area contributed by atoms with Gasteiger partial charge in [-0.1, -0.05) is 19.1 Å². The summed E-state index contributed by atoms with van der Waals surface area (Å²) >= 11 is 0. The Balaban J connectivity index is 1.68. The van der Waals surface area contributed by atoms with Crippen molar-refractivity contribution in [1.82, 2.24) is 14.5 Å². The third-order valence-corrected chi connectivity index (χ3v) is 5.77. The Morgan fingerprint density at radius 1 is 1.27 bits per heavy atom. The Bertz CT molecular complexity index is 1140. The first-order valence-electron chi connectivity index (χ1n) is 11.4. The zero-order valence-corrected chi connectivity index (χ0v) is 19.0. The van der Waals surface area contributed by atoms with Crippen LogP contribution in [0.1, 0.15) is 49.0 Å². The van der Waals surface area contributed by atoms with Crippen LogP contribution in [0.5, 0.6) is 0 Å². The number of ether oxygens (including phenoxy) is 1. The molecule has 1 aliphatic rings. The molecule has 0 aliphatic carbocycles. The molecule has 2 amide bonds. The topological polar surface area (TPSA) is 76.5 Å². The van der Waals surface area contributed by atoms with E-state index in [1.165, 1.54) is 19.1 Å². The summed E-state index contributed by atoms with van der Waals surface area (Å²) in [5.74, 6) is -0.634. The number of nitrogens with zero attached hydrogens (tertiary/aromatic N) is 3. The number of carbonyl (C=O) groups is 2. The minimum Gasteiger partial charge on any atom is -0.376 e. The van der Waals surface area contributed by atoms with Crippen LogP contribution in [-0.4, -0.2) is 52.1 Å². The molecular weight excluding hydrogens is 423 g/mol. The van der Waals surface area contributed by atoms with Gasteiger partial charge in [0, 0.05) is 38.7 Å². The molecule has 1 fully saturated rings. The van der Waals surface area contributed by atoms with Crippen LogP contribution in [0.25, 0.3) is 11.0 Å². The largest absolute Gasteiger partial charge is 0.376 e. The van der Waals surface area contributed by atoms with Crippen LogP contribution in [0.4, 0.5) is 10.1 Å². The summed E-state index contributed by atoms with van der Waals surface area (Å²) in [5.41, 5.74) is 3.23. The van der Waals surface area contributed by atoms with Crippen molar-refractivity contribution in [3.8, 4) is 0 Å². The van der Waals surface area contributed by atoms with Crippen LogP contribution in [0.15, 0.2) is 42.7 Å². The van der Waals surface area contributed by atoms with E-state index in [2.05, 4.69) is 10.3 Å². The van der Waals surface area contributed by atoms with Crippen LogP contribution in [-0.2, 0) is 16.1 Å². The van der Waals surface area contributed by atoms with Gasteiger partial charge in [0.15, 0.2) is 0 Å². The van der Waals surface area contributed by atoms with Crippen molar-refractivity contribution >= 4 is 28.5 Å². The fraction of sp³-hybridized carbons (Fsp3) is 0.400. The van der Waals surface area contributed by atoms with E-state index in [1.807, 2.05) is 16.4 Å². The smallest absolute Gasteiger partial charge is 0.254 e. The third kappa shape index (κ3) is 5.39. The average Bonchev–Trinajstić information content (AvgIpc) is 3.44. The predicted molar refractivity (Wildman–Crippen MR) is 125 cm³/mol. The SMILES string of the molecule is CCCN(CC1CCCO1)C(=O)c1cc(NC(C)=O)c2c(c1)ncn2Cc1ccc(F)cc1. The van der Waals surface area contributed by atoms with Crippen LogP contribution >= 0.6 is 0 Å². The van der Waals surface area contributed by atoms with Gasteiger partial charge < -0.3 is 19.5 Å². The molecule has 7 nitrogen and oxygen atoms in total. The highest BCUT2D eigenvalue weighted by Crippen LogP contribution is 2.27. The zero-order valence-electron chi connectivity index (χ0n) is 19.0. The Kier molecular flexibility index (Phi) is 7.03. The molecule has 0 radical (unpaired) electrons. The standard InChI is InChI=1S/C25H29FN4O3/c1-3-10-29(15-21-5-4-11-33-21)25(32)19-12-22-24(23(13-19)28-17(2)31)30(16-27-22)14-18-6-8-20(26)9-7-18/h6-9,12-13,16,21H,3-5,10-11,14-15H2,1-2H3,(H,28,31). The molecule has 1 aliphatic heterocycles. The lowest BCUT2D eigenvalue weighted by Crippen LogP contribution is -2.38. The first-order valence-corrected chi connectivity index (χ1v) is 11.4. The van der Waals surface area contributed by atoms with Gasteiger partial charge >= 0.3 is 0 Å². The third-order valence-electron chi connectivity index (χ3n) is 5.77. The second kappa shape index (κ2) is 10.1. The molecule has 3 aromatic rings. The first kappa shape index (κ1) is 22.9. The van der Waals surface area contributed by atoms with Crippen LogP contribution in [0.3, 0.4) is 0 Å². The van der Waals surface area contributed by atoms with E-state index < -0.39 is 0 Å². The minimum atomic E-state index is -0.295. The van der Waals surface area contributed by atoms with E-state index >= 15 is 0 Å². The summed E-state index contributed by atoms with van der Waals surface area (Å²) in [5, 5.41) is 2.85. The molecule has 1 N–H and O–H groups in total. The van der Waals surface area contributed by atoms with Gasteiger partial charge in [-0.25, -0.2) is 9.37 Å². The molecule has 2 aromatic carbocycles. The molecule has 1 aromatic heterocycles. The summed E-state index contributed by atoms with van der Waals surface area (Å²) in [7, 11) is 0. The van der Waals surface area contributed by atoms with Gasteiger partial charge in [0.2, 0.25) is 5.91 Å². The van der Waals surface area contributed by atoms with Gasteiger partial charge in [-0.05, 0) is 49.1 Å². The molecule has 0 bridgehead atoms. The number of nitrogens with one attached hydrogen (secondary N) is 1. The monoisotopic (exact) mass is 452 g/mol. The summed E-state index contributed by atoms with van der Waals surface area (Å²) in [6.07, 6.45) is 4.55. The van der Waals surface area contributed by atoms with Crippen molar-refractivity contribution < 1.29 is 18.7 Å². The maximum atomic E-state index is 13.4. The fourth-order valence-electron chi connectivity index (χ4n) is 4.29. The Hall–Kier alpha value is -3.26. The number of hydrogen-bond acceptors (Lipinski definition) is 4. The van der Waals surface area contributed by atoms with Crippen molar-refractivity contribution in [2.24, 2.45) is 0 Å². The van der Waals surface area contributed by atoms with Crippen LogP contribution < -0.4 is 5.32 Å². The van der Waals surface area contributed by atoms with Gasteiger partial charge in [0.1, 0.15) is 5.82 Å². The predicted octanol–water partition coefficient (Wildman–Crippen LogP) is 4.21. The van der Waals surface area contributed by atoms with Gasteiger partial charge in [0.25, 0.3) is 5.91 Å². The molecule has 0 saturated carbocycles. The second-order valence-electron chi connectivity index (χ2n) is 8.46. The normalized spacial score (nSPS) is 15.7. The summed E-state index contributed by atoms with van der Waals surface area (Å²) in [6, 6.07) is 9.73. The number of anilines is 1. The summed E-state index contributed by atoms with van der Waals surface area (Å²) < 4.78 is 20.9. The molecular formula is C25H29FN4O3. The number of rotatable bonds is 8. The minimum absolute atomic E-state index is 0.0639. The number of aromatic nitrogens is 2.